The summed E-state index contributed by atoms with van der Waals surface area (Å²) in [6.07, 6.45) is 6.83. The van der Waals surface area contributed by atoms with Gasteiger partial charge in [-0.2, -0.15) is 5.26 Å². The van der Waals surface area contributed by atoms with Gasteiger partial charge in [-0.3, -0.25) is 4.79 Å². The number of hydrogen-bond acceptors (Lipinski definition) is 6. The number of aryl methyl sites for hydroxylation is 2. The Morgan fingerprint density at radius 2 is 2.26 bits per heavy atom. The number of aromatic nitrogens is 2. The molecule has 2 aliphatic rings. The maximum atomic E-state index is 12.9. The van der Waals surface area contributed by atoms with Gasteiger partial charge in [0.25, 0.3) is 5.56 Å². The minimum absolute atomic E-state index is 0.115. The van der Waals surface area contributed by atoms with E-state index in [9.17, 15) is 10.1 Å². The van der Waals surface area contributed by atoms with Gasteiger partial charge in [-0.15, -0.1) is 11.3 Å². The first-order valence-electron chi connectivity index (χ1n) is 10.7. The van der Waals surface area contributed by atoms with Gasteiger partial charge < -0.3 is 14.5 Å². The molecule has 31 heavy (non-hydrogen) atoms. The fourth-order valence-corrected chi connectivity index (χ4v) is 5.71. The van der Waals surface area contributed by atoms with E-state index in [4.69, 9.17) is 9.47 Å². The topological polar surface area (TPSA) is 88.0 Å². The molecule has 1 unspecified atom stereocenters. The molecule has 1 atom stereocenters. The van der Waals surface area contributed by atoms with E-state index >= 15 is 0 Å². The summed E-state index contributed by atoms with van der Waals surface area (Å²) in [4.78, 5) is 22.4. The number of ether oxygens (including phenoxy) is 2. The third-order valence-electron chi connectivity index (χ3n) is 5.83. The lowest BCUT2D eigenvalue weighted by Gasteiger charge is -2.11. The van der Waals surface area contributed by atoms with Crippen LogP contribution in [0.25, 0.3) is 21.9 Å². The van der Waals surface area contributed by atoms with Crippen molar-refractivity contribution in [3.05, 3.63) is 49.9 Å². The maximum absolute atomic E-state index is 12.9. The largest absolute Gasteiger partial charge is 0.493 e. The number of hydrogen-bond donors (Lipinski definition) is 1. The van der Waals surface area contributed by atoms with Crippen LogP contribution >= 0.6 is 11.3 Å². The lowest BCUT2D eigenvalue weighted by atomic mass is 9.97. The van der Waals surface area contributed by atoms with Crippen molar-refractivity contribution in [3.8, 4) is 17.6 Å². The number of thiophene rings is 1. The highest BCUT2D eigenvalue weighted by Gasteiger charge is 2.23. The summed E-state index contributed by atoms with van der Waals surface area (Å²) in [5, 5.41) is 10.6. The van der Waals surface area contributed by atoms with Crippen LogP contribution in [0.4, 0.5) is 0 Å². The van der Waals surface area contributed by atoms with Gasteiger partial charge in [0.15, 0.2) is 5.82 Å². The molecule has 6 nitrogen and oxygen atoms in total. The van der Waals surface area contributed by atoms with Gasteiger partial charge in [-0.1, -0.05) is 0 Å². The lowest BCUT2D eigenvalue weighted by molar-refractivity contribution is 0.254. The number of nitriles is 1. The van der Waals surface area contributed by atoms with Crippen LogP contribution in [0, 0.1) is 11.3 Å². The highest BCUT2D eigenvalue weighted by atomic mass is 32.1. The minimum Gasteiger partial charge on any atom is -0.493 e. The van der Waals surface area contributed by atoms with E-state index in [0.717, 1.165) is 54.5 Å². The average molecular weight is 434 g/mol. The zero-order valence-electron chi connectivity index (χ0n) is 17.6. The molecular formula is C24H23N3O3S. The van der Waals surface area contributed by atoms with Crippen LogP contribution < -0.4 is 15.0 Å². The fraction of sp³-hybridized carbons (Fsp3) is 0.375. The van der Waals surface area contributed by atoms with Crippen LogP contribution in [-0.2, 0) is 19.3 Å². The second kappa shape index (κ2) is 7.86. The van der Waals surface area contributed by atoms with Crippen LogP contribution in [0.15, 0.2) is 16.9 Å². The molecule has 2 aromatic heterocycles. The van der Waals surface area contributed by atoms with Crippen molar-refractivity contribution in [3.63, 3.8) is 0 Å². The Hall–Kier alpha value is -3.11. The monoisotopic (exact) mass is 433 g/mol. The van der Waals surface area contributed by atoms with E-state index in [1.54, 1.807) is 17.4 Å². The number of benzene rings is 1. The predicted molar refractivity (Wildman–Crippen MR) is 122 cm³/mol. The zero-order chi connectivity index (χ0) is 21.5. The third-order valence-corrected chi connectivity index (χ3v) is 7.01. The quantitative estimate of drug-likeness (QED) is 0.605. The molecule has 0 fully saturated rings. The summed E-state index contributed by atoms with van der Waals surface area (Å²) in [6, 6.07) is 6.09. The predicted octanol–water partition coefficient (Wildman–Crippen LogP) is 4.65. The first-order valence-corrected chi connectivity index (χ1v) is 11.5. The second-order valence-corrected chi connectivity index (χ2v) is 9.12. The molecule has 158 valence electrons. The number of rotatable bonds is 4. The molecule has 3 heterocycles. The number of nitrogens with zero attached hydrogens (tertiary/aromatic N) is 2. The third kappa shape index (κ3) is 3.51. The minimum atomic E-state index is -0.170. The van der Waals surface area contributed by atoms with Crippen molar-refractivity contribution in [2.75, 3.05) is 6.61 Å². The Labute approximate surface area is 184 Å². The second-order valence-electron chi connectivity index (χ2n) is 8.04. The standard InChI is InChI=1S/C24H23N3O3S/c1-3-29-18-10-14-8-13(2)30-19(14)11-15(18)9-16(12-25)22-26-23(28)21-17-6-4-5-7-20(17)31-24(21)27-22/h9-11,13H,3-8H2,1-2H3,(H,26,27,28). The highest BCUT2D eigenvalue weighted by molar-refractivity contribution is 7.18. The Kier molecular flexibility index (Phi) is 5.03. The number of fused-ring (bicyclic) bond motifs is 4. The van der Waals surface area contributed by atoms with Crippen LogP contribution in [0.3, 0.4) is 0 Å². The maximum Gasteiger partial charge on any atom is 0.260 e. The zero-order valence-corrected chi connectivity index (χ0v) is 18.4. The molecule has 1 aliphatic heterocycles. The molecule has 0 radical (unpaired) electrons. The summed E-state index contributed by atoms with van der Waals surface area (Å²) in [5.41, 5.74) is 3.09. The Morgan fingerprint density at radius 3 is 3.06 bits per heavy atom. The van der Waals surface area contributed by atoms with Crippen molar-refractivity contribution in [1.82, 2.24) is 9.97 Å². The smallest absolute Gasteiger partial charge is 0.260 e. The van der Waals surface area contributed by atoms with E-state index in [2.05, 4.69) is 16.0 Å². The van der Waals surface area contributed by atoms with Gasteiger partial charge in [0, 0.05) is 22.4 Å². The van der Waals surface area contributed by atoms with Crippen molar-refractivity contribution in [2.45, 2.75) is 52.1 Å². The van der Waals surface area contributed by atoms with Crippen LogP contribution in [0.2, 0.25) is 0 Å². The average Bonchev–Trinajstić information content (AvgIpc) is 3.31. The fourth-order valence-electron chi connectivity index (χ4n) is 4.45. The molecule has 1 aliphatic carbocycles. The van der Waals surface area contributed by atoms with Gasteiger partial charge in [0.05, 0.1) is 17.6 Å². The lowest BCUT2D eigenvalue weighted by Crippen LogP contribution is -2.12. The Balaban J connectivity index is 1.62. The number of allylic oxidation sites excluding steroid dienone is 1. The first-order chi connectivity index (χ1) is 15.1. The Morgan fingerprint density at radius 1 is 1.42 bits per heavy atom. The summed E-state index contributed by atoms with van der Waals surface area (Å²) >= 11 is 1.58. The first kappa shape index (κ1) is 19.8. The van der Waals surface area contributed by atoms with E-state index in [1.807, 2.05) is 26.0 Å². The molecule has 7 heteroatoms. The number of H-pyrrole nitrogens is 1. The van der Waals surface area contributed by atoms with Gasteiger partial charge in [-0.25, -0.2) is 4.98 Å². The molecule has 0 bridgehead atoms. The van der Waals surface area contributed by atoms with Gasteiger partial charge in [0.2, 0.25) is 0 Å². The molecular weight excluding hydrogens is 410 g/mol. The van der Waals surface area contributed by atoms with Crippen molar-refractivity contribution in [2.24, 2.45) is 0 Å². The van der Waals surface area contributed by atoms with Crippen molar-refractivity contribution in [1.29, 1.82) is 5.26 Å². The van der Waals surface area contributed by atoms with E-state index in [-0.39, 0.29) is 23.1 Å². The molecule has 1 aromatic carbocycles. The molecule has 0 saturated carbocycles. The van der Waals surface area contributed by atoms with Crippen molar-refractivity contribution < 1.29 is 9.47 Å². The SMILES string of the molecule is CCOc1cc2c(cc1C=C(C#N)c1nc3sc4c(c3c(=O)[nH]1)CCCC4)OC(C)C2. The van der Waals surface area contributed by atoms with Crippen molar-refractivity contribution >= 4 is 33.2 Å². The molecule has 0 saturated heterocycles. The molecule has 0 spiro atoms. The summed E-state index contributed by atoms with van der Waals surface area (Å²) in [6.45, 7) is 4.47. The summed E-state index contributed by atoms with van der Waals surface area (Å²) in [7, 11) is 0. The van der Waals surface area contributed by atoms with E-state index in [0.29, 0.717) is 22.6 Å². The molecule has 1 N–H and O–H groups in total. The van der Waals surface area contributed by atoms with Crippen LogP contribution in [0.5, 0.6) is 11.5 Å². The summed E-state index contributed by atoms with van der Waals surface area (Å²) < 4.78 is 11.7. The molecule has 5 rings (SSSR count). The van der Waals surface area contributed by atoms with Gasteiger partial charge in [0.1, 0.15) is 28.5 Å². The number of aromatic amines is 1. The number of nitrogens with one attached hydrogen (secondary N) is 1. The van der Waals surface area contributed by atoms with Gasteiger partial charge >= 0.3 is 0 Å². The van der Waals surface area contributed by atoms with Crippen LogP contribution in [0.1, 0.15) is 54.1 Å². The molecule has 0 amide bonds. The van der Waals surface area contributed by atoms with Crippen LogP contribution in [-0.4, -0.2) is 22.7 Å². The van der Waals surface area contributed by atoms with E-state index < -0.39 is 0 Å². The normalized spacial score (nSPS) is 17.7. The van der Waals surface area contributed by atoms with Gasteiger partial charge in [-0.05, 0) is 63.3 Å². The molecule has 3 aromatic rings. The highest BCUT2D eigenvalue weighted by Crippen LogP contribution is 2.37. The Bertz CT molecular complexity index is 1310. The summed E-state index contributed by atoms with van der Waals surface area (Å²) in [5.74, 6) is 1.79. The van der Waals surface area contributed by atoms with E-state index in [1.165, 1.54) is 4.88 Å².